The molecule has 0 bridgehead atoms. The summed E-state index contributed by atoms with van der Waals surface area (Å²) in [7, 11) is 1.64. The van der Waals surface area contributed by atoms with E-state index in [0.717, 1.165) is 0 Å². The Bertz CT molecular complexity index is 1610. The van der Waals surface area contributed by atoms with Crippen LogP contribution in [0.5, 0.6) is 17.2 Å². The molecule has 0 unspecified atom stereocenters. The van der Waals surface area contributed by atoms with Crippen LogP contribution in [0.2, 0.25) is 0 Å². The van der Waals surface area contributed by atoms with E-state index < -0.39 is 17.8 Å². The van der Waals surface area contributed by atoms with Gasteiger partial charge in [0.2, 0.25) is 0 Å². The maximum atomic E-state index is 14.0. The summed E-state index contributed by atoms with van der Waals surface area (Å²) < 4.78 is 33.4. The third-order valence-corrected chi connectivity index (χ3v) is 8.17. The van der Waals surface area contributed by atoms with Gasteiger partial charge in [-0.15, -0.1) is 0 Å². The van der Waals surface area contributed by atoms with E-state index in [0.29, 0.717) is 70.7 Å². The van der Waals surface area contributed by atoms with Gasteiger partial charge in [0.25, 0.3) is 11.5 Å². The van der Waals surface area contributed by atoms with Crippen molar-refractivity contribution in [1.82, 2.24) is 9.47 Å². The topological polar surface area (TPSA) is 107 Å². The van der Waals surface area contributed by atoms with Crippen molar-refractivity contribution in [2.75, 3.05) is 0 Å². The molecule has 2 heterocycles. The van der Waals surface area contributed by atoms with Gasteiger partial charge in [-0.25, -0.2) is 14.1 Å². The molecule has 1 saturated heterocycles. The number of ether oxygens (including phenoxy) is 3. The lowest BCUT2D eigenvalue weighted by molar-refractivity contribution is -0.131. The number of aromatic nitrogens is 1. The largest absolute Gasteiger partial charge is 0.490 e. The second kappa shape index (κ2) is 11.5. The lowest BCUT2D eigenvalue weighted by atomic mass is 9.91. The Morgan fingerprint density at radius 3 is 2.19 bits per heavy atom. The molecule has 228 valence electrons. The van der Waals surface area contributed by atoms with Gasteiger partial charge in [0.15, 0.2) is 6.10 Å². The fourth-order valence-electron chi connectivity index (χ4n) is 5.76. The van der Waals surface area contributed by atoms with Crippen LogP contribution in [0.1, 0.15) is 63.1 Å². The molecule has 1 N–H and O–H groups in total. The summed E-state index contributed by atoms with van der Waals surface area (Å²) in [5.41, 5.74) is 1.60. The minimum Gasteiger partial charge on any atom is -0.490 e. The van der Waals surface area contributed by atoms with E-state index in [9.17, 15) is 23.9 Å². The van der Waals surface area contributed by atoms with E-state index in [1.54, 1.807) is 66.1 Å². The molecule has 2 fully saturated rings. The maximum Gasteiger partial charge on any atom is 0.417 e. The molecule has 3 aromatic rings. The number of aryl methyl sites for hydroxylation is 3. The molecule has 1 aliphatic heterocycles. The fraction of sp³-hybridized carbons (Fsp3) is 0.424. The zero-order valence-electron chi connectivity index (χ0n) is 25.3. The van der Waals surface area contributed by atoms with Crippen LogP contribution in [-0.2, 0) is 22.2 Å². The summed E-state index contributed by atoms with van der Waals surface area (Å²) in [6.07, 6.45) is 2.23. The van der Waals surface area contributed by atoms with Gasteiger partial charge in [-0.1, -0.05) is 6.07 Å². The minimum atomic E-state index is -1.17. The van der Waals surface area contributed by atoms with Crippen LogP contribution in [0.4, 0.5) is 9.18 Å². The van der Waals surface area contributed by atoms with Gasteiger partial charge in [0.1, 0.15) is 23.1 Å². The highest BCUT2D eigenvalue weighted by molar-refractivity contribution is 6.00. The van der Waals surface area contributed by atoms with Gasteiger partial charge < -0.3 is 23.9 Å². The van der Waals surface area contributed by atoms with Crippen LogP contribution in [0.25, 0.3) is 11.1 Å². The van der Waals surface area contributed by atoms with Gasteiger partial charge in [0, 0.05) is 36.5 Å². The van der Waals surface area contributed by atoms with Gasteiger partial charge in [-0.2, -0.15) is 0 Å². The third kappa shape index (κ3) is 6.15. The number of carbonyl (C=O) groups excluding carboxylic acids is 2. The van der Waals surface area contributed by atoms with Gasteiger partial charge >= 0.3 is 6.09 Å². The van der Waals surface area contributed by atoms with Crippen LogP contribution >= 0.6 is 0 Å². The second-order valence-electron chi connectivity index (χ2n) is 12.0. The van der Waals surface area contributed by atoms with Crippen molar-refractivity contribution in [2.45, 2.75) is 84.2 Å². The number of rotatable bonds is 7. The number of cyclic esters (lactones) is 1. The van der Waals surface area contributed by atoms with Crippen molar-refractivity contribution in [3.63, 3.8) is 0 Å². The molecule has 1 saturated carbocycles. The first-order valence-corrected chi connectivity index (χ1v) is 14.5. The zero-order valence-corrected chi connectivity index (χ0v) is 25.3. The monoisotopic (exact) mass is 592 g/mol. The average molecular weight is 593 g/mol. The number of hydrogen-bond donors (Lipinski definition) is 1. The highest BCUT2D eigenvalue weighted by Crippen LogP contribution is 2.42. The number of hydrogen-bond acceptors (Lipinski definition) is 7. The molecule has 0 spiro atoms. The van der Waals surface area contributed by atoms with Crippen molar-refractivity contribution in [1.29, 1.82) is 0 Å². The highest BCUT2D eigenvalue weighted by atomic mass is 19.1. The van der Waals surface area contributed by atoms with Crippen molar-refractivity contribution >= 4 is 12.0 Å². The highest BCUT2D eigenvalue weighted by Gasteiger charge is 2.43. The molecule has 0 radical (unpaired) electrons. The summed E-state index contributed by atoms with van der Waals surface area (Å²) in [6.45, 7) is 8.46. The normalized spacial score (nSPS) is 20.7. The fourth-order valence-corrected chi connectivity index (χ4v) is 5.76. The van der Waals surface area contributed by atoms with Crippen LogP contribution in [-0.4, -0.2) is 44.8 Å². The molecule has 1 atom stereocenters. The summed E-state index contributed by atoms with van der Waals surface area (Å²) in [6, 6.07) is 9.29. The standard InChI is InChI=1S/C33H37FN2O7/c1-18-13-22(34)14-19(2)30(18)43-27-12-7-21(33(4,5)40)15-25(27)26-17-35(6)29(37)16-28(26)42-24-10-8-23(9-11-24)36-31(38)20(3)41-32(36)39/h7,12-17,20,23-24,40H,8-11H2,1-6H3/t20-,23?,24?/m0/s1. The lowest BCUT2D eigenvalue weighted by Crippen LogP contribution is -2.43. The molecule has 43 heavy (non-hydrogen) atoms. The number of imide groups is 1. The van der Waals surface area contributed by atoms with Crippen molar-refractivity contribution in [3.05, 3.63) is 75.5 Å². The van der Waals surface area contributed by atoms with Gasteiger partial charge in [0.05, 0.1) is 11.7 Å². The van der Waals surface area contributed by atoms with Crippen molar-refractivity contribution < 1.29 is 33.3 Å². The first kappa shape index (κ1) is 30.3. The van der Waals surface area contributed by atoms with E-state index in [2.05, 4.69) is 0 Å². The summed E-state index contributed by atoms with van der Waals surface area (Å²) in [4.78, 5) is 38.7. The molecule has 9 nitrogen and oxygen atoms in total. The molecule has 2 aromatic carbocycles. The quantitative estimate of drug-likeness (QED) is 0.365. The van der Waals surface area contributed by atoms with E-state index >= 15 is 0 Å². The average Bonchev–Trinajstić information content (AvgIpc) is 3.18. The van der Waals surface area contributed by atoms with Crippen LogP contribution in [0.15, 0.2) is 47.4 Å². The Morgan fingerprint density at radius 1 is 0.953 bits per heavy atom. The molecule has 5 rings (SSSR count). The van der Waals surface area contributed by atoms with Crippen molar-refractivity contribution in [2.24, 2.45) is 7.05 Å². The van der Waals surface area contributed by atoms with Crippen molar-refractivity contribution in [3.8, 4) is 28.4 Å². The number of benzene rings is 2. The molecule has 10 heteroatoms. The number of amides is 2. The second-order valence-corrected chi connectivity index (χ2v) is 12.0. The molecule has 2 aliphatic rings. The number of aliphatic hydroxyl groups is 1. The number of halogens is 1. The molecular weight excluding hydrogens is 555 g/mol. The number of pyridine rings is 1. The van der Waals surface area contributed by atoms with E-state index in [4.69, 9.17) is 14.2 Å². The molecule has 1 aliphatic carbocycles. The SMILES string of the molecule is Cc1cc(F)cc(C)c1Oc1ccc(C(C)(C)O)cc1-c1cn(C)c(=O)cc1OC1CCC(N2C(=O)O[C@@H](C)C2=O)CC1. The first-order chi connectivity index (χ1) is 20.2. The van der Waals surface area contributed by atoms with Crippen LogP contribution < -0.4 is 15.0 Å². The predicted octanol–water partition coefficient (Wildman–Crippen LogP) is 5.89. The Kier molecular flexibility index (Phi) is 8.09. The molecule has 2 amide bonds. The summed E-state index contributed by atoms with van der Waals surface area (Å²) in [5, 5.41) is 10.8. The Morgan fingerprint density at radius 2 is 1.60 bits per heavy atom. The van der Waals surface area contributed by atoms with E-state index in [-0.39, 0.29) is 29.4 Å². The Hall–Kier alpha value is -4.18. The smallest absolute Gasteiger partial charge is 0.417 e. The summed E-state index contributed by atoms with van der Waals surface area (Å²) >= 11 is 0. The van der Waals surface area contributed by atoms with Crippen LogP contribution in [0, 0.1) is 19.7 Å². The van der Waals surface area contributed by atoms with Gasteiger partial charge in [-0.3, -0.25) is 9.59 Å². The molecular formula is C33H37FN2O7. The van der Waals surface area contributed by atoms with E-state index in [1.807, 2.05) is 0 Å². The number of nitrogens with zero attached hydrogens (tertiary/aromatic N) is 2. The summed E-state index contributed by atoms with van der Waals surface area (Å²) in [5.74, 6) is 0.617. The third-order valence-electron chi connectivity index (χ3n) is 8.17. The Balaban J connectivity index is 1.50. The lowest BCUT2D eigenvalue weighted by Gasteiger charge is -2.32. The first-order valence-electron chi connectivity index (χ1n) is 14.5. The number of carbonyl (C=O) groups is 2. The predicted molar refractivity (Wildman–Crippen MR) is 158 cm³/mol. The van der Waals surface area contributed by atoms with Gasteiger partial charge in [-0.05, 0) is 101 Å². The maximum absolute atomic E-state index is 14.0. The zero-order chi connectivity index (χ0) is 31.2. The van der Waals surface area contributed by atoms with Crippen LogP contribution in [0.3, 0.4) is 0 Å². The van der Waals surface area contributed by atoms with E-state index in [1.165, 1.54) is 27.7 Å². The molecule has 1 aromatic heterocycles. The minimum absolute atomic E-state index is 0.265. The Labute approximate surface area is 249 Å².